The van der Waals surface area contributed by atoms with Gasteiger partial charge in [0.1, 0.15) is 19.8 Å². The topological polar surface area (TPSA) is 109 Å². The van der Waals surface area contributed by atoms with Crippen LogP contribution in [-0.4, -0.2) is 59.6 Å². The Hall–Kier alpha value is -2.48. The zero-order chi connectivity index (χ0) is 15.7. The van der Waals surface area contributed by atoms with Crippen LogP contribution in [0.4, 0.5) is 0 Å². The fraction of sp³-hybridized carbons (Fsp3) is 0.385. The number of carbonyl (C=O) groups excluding carboxylic acids is 2. The lowest BCUT2D eigenvalue weighted by Gasteiger charge is -2.14. The summed E-state index contributed by atoms with van der Waals surface area (Å²) in [6.45, 7) is -0.699. The first-order valence-corrected chi connectivity index (χ1v) is 6.18. The molecule has 0 aliphatic rings. The van der Waals surface area contributed by atoms with E-state index in [9.17, 15) is 14.4 Å². The molecule has 0 fully saturated rings. The first-order chi connectivity index (χ1) is 9.99. The molecule has 0 aliphatic carbocycles. The fourth-order valence-electron chi connectivity index (χ4n) is 1.39. The van der Waals surface area contributed by atoms with Gasteiger partial charge in [0, 0.05) is 26.0 Å². The molecule has 1 aromatic rings. The van der Waals surface area contributed by atoms with Gasteiger partial charge in [-0.15, -0.1) is 0 Å². The van der Waals surface area contributed by atoms with Crippen molar-refractivity contribution in [3.8, 4) is 0 Å². The summed E-state index contributed by atoms with van der Waals surface area (Å²) < 4.78 is 4.94. The van der Waals surface area contributed by atoms with Gasteiger partial charge in [-0.25, -0.2) is 0 Å². The molecule has 0 spiro atoms. The smallest absolute Gasteiger partial charge is 0.323 e. The van der Waals surface area contributed by atoms with Crippen LogP contribution < -0.4 is 5.32 Å². The van der Waals surface area contributed by atoms with Gasteiger partial charge in [0.05, 0.1) is 0 Å². The van der Waals surface area contributed by atoms with Crippen molar-refractivity contribution in [1.82, 2.24) is 15.2 Å². The highest BCUT2D eigenvalue weighted by atomic mass is 16.5. The number of hydrogen-bond acceptors (Lipinski definition) is 5. The molecule has 0 atom stereocenters. The molecular weight excluding hydrogens is 278 g/mol. The predicted octanol–water partition coefficient (Wildman–Crippen LogP) is -0.743. The molecule has 21 heavy (non-hydrogen) atoms. The number of aromatic nitrogens is 1. The lowest BCUT2D eigenvalue weighted by molar-refractivity contribution is -0.146. The van der Waals surface area contributed by atoms with Crippen LogP contribution >= 0.6 is 0 Å². The van der Waals surface area contributed by atoms with Crippen molar-refractivity contribution in [3.05, 3.63) is 30.1 Å². The van der Waals surface area contributed by atoms with E-state index in [4.69, 9.17) is 9.84 Å². The third-order valence-electron chi connectivity index (χ3n) is 2.47. The van der Waals surface area contributed by atoms with Gasteiger partial charge in [0.25, 0.3) is 0 Å². The van der Waals surface area contributed by atoms with Crippen molar-refractivity contribution in [2.45, 2.75) is 6.54 Å². The average molecular weight is 295 g/mol. The normalized spacial score (nSPS) is 9.95. The van der Waals surface area contributed by atoms with Crippen LogP contribution in [-0.2, 0) is 25.7 Å². The minimum absolute atomic E-state index is 0.271. The molecule has 114 valence electrons. The molecule has 1 aromatic heterocycles. The number of carboxylic acid groups (broad SMARTS) is 1. The van der Waals surface area contributed by atoms with Crippen LogP contribution in [0.25, 0.3) is 0 Å². The molecule has 0 saturated carbocycles. The van der Waals surface area contributed by atoms with Gasteiger partial charge in [-0.3, -0.25) is 19.4 Å². The molecule has 0 aromatic carbocycles. The van der Waals surface area contributed by atoms with Crippen LogP contribution in [0.2, 0.25) is 0 Å². The molecule has 2 N–H and O–H groups in total. The van der Waals surface area contributed by atoms with E-state index in [0.29, 0.717) is 6.54 Å². The summed E-state index contributed by atoms with van der Waals surface area (Å²) in [5.41, 5.74) is 0.850. The van der Waals surface area contributed by atoms with Gasteiger partial charge in [-0.1, -0.05) is 6.07 Å². The summed E-state index contributed by atoms with van der Waals surface area (Å²) in [5, 5.41) is 11.1. The molecule has 1 heterocycles. The number of aliphatic carboxylic acids is 1. The van der Waals surface area contributed by atoms with Crippen molar-refractivity contribution >= 4 is 17.8 Å². The number of nitrogens with zero attached hydrogens (tertiary/aromatic N) is 2. The second kappa shape index (κ2) is 8.64. The Labute approximate surface area is 121 Å². The number of pyridine rings is 1. The highest BCUT2D eigenvalue weighted by molar-refractivity contribution is 5.82. The van der Waals surface area contributed by atoms with Crippen molar-refractivity contribution in [2.75, 3.05) is 26.8 Å². The van der Waals surface area contributed by atoms with E-state index in [0.717, 1.165) is 10.5 Å². The van der Waals surface area contributed by atoms with E-state index < -0.39 is 18.4 Å². The van der Waals surface area contributed by atoms with Gasteiger partial charge in [-0.05, 0) is 11.6 Å². The van der Waals surface area contributed by atoms with Crippen LogP contribution in [0.5, 0.6) is 0 Å². The number of carboxylic acids is 1. The quantitative estimate of drug-likeness (QED) is 0.653. The van der Waals surface area contributed by atoms with Crippen LogP contribution in [0, 0.1) is 0 Å². The summed E-state index contributed by atoms with van der Waals surface area (Å²) >= 11 is 0. The molecule has 8 nitrogen and oxygen atoms in total. The summed E-state index contributed by atoms with van der Waals surface area (Å²) in [7, 11) is 1.35. The summed E-state index contributed by atoms with van der Waals surface area (Å²) in [6, 6.07) is 3.58. The monoisotopic (exact) mass is 295 g/mol. The van der Waals surface area contributed by atoms with Gasteiger partial charge in [-0.2, -0.15) is 0 Å². The number of carbonyl (C=O) groups is 3. The molecule has 0 aliphatic heterocycles. The highest BCUT2D eigenvalue weighted by Gasteiger charge is 2.12. The zero-order valence-corrected chi connectivity index (χ0v) is 11.6. The molecule has 0 saturated heterocycles. The number of nitrogens with one attached hydrogen (secondary N) is 1. The number of rotatable bonds is 8. The lowest BCUT2D eigenvalue weighted by atomic mass is 10.3. The summed E-state index contributed by atoms with van der Waals surface area (Å²) in [5.74, 6) is -1.98. The minimum Gasteiger partial charge on any atom is -0.480 e. The van der Waals surface area contributed by atoms with Crippen molar-refractivity contribution in [3.63, 3.8) is 0 Å². The number of amides is 2. The maximum Gasteiger partial charge on any atom is 0.323 e. The van der Waals surface area contributed by atoms with E-state index in [2.05, 4.69) is 10.3 Å². The molecule has 2 amide bonds. The number of hydrogen-bond donors (Lipinski definition) is 2. The zero-order valence-electron chi connectivity index (χ0n) is 11.6. The first kappa shape index (κ1) is 16.6. The maximum absolute atomic E-state index is 11.5. The van der Waals surface area contributed by atoms with E-state index in [-0.39, 0.29) is 19.1 Å². The summed E-state index contributed by atoms with van der Waals surface area (Å²) in [6.07, 6.45) is 3.26. The largest absolute Gasteiger partial charge is 0.480 e. The first-order valence-electron chi connectivity index (χ1n) is 6.18. The minimum atomic E-state index is -1.11. The average Bonchev–Trinajstić information content (AvgIpc) is 2.45. The van der Waals surface area contributed by atoms with E-state index in [1.165, 1.54) is 7.05 Å². The molecule has 0 unspecified atom stereocenters. The lowest BCUT2D eigenvalue weighted by Crippen LogP contribution is -2.36. The Kier molecular flexibility index (Phi) is 6.82. The third-order valence-corrected chi connectivity index (χ3v) is 2.47. The SMILES string of the molecule is CN(CC(=O)O)C(=O)COCC(=O)NCc1cccnc1. The van der Waals surface area contributed by atoms with Gasteiger partial charge >= 0.3 is 5.97 Å². The number of ether oxygens (including phenoxy) is 1. The van der Waals surface area contributed by atoms with E-state index in [1.807, 2.05) is 6.07 Å². The van der Waals surface area contributed by atoms with Gasteiger partial charge in [0.15, 0.2) is 0 Å². The predicted molar refractivity (Wildman–Crippen MR) is 72.2 cm³/mol. The standard InChI is InChI=1S/C13H17N3O5/c1-16(7-13(19)20)12(18)9-21-8-11(17)15-6-10-3-2-4-14-5-10/h2-5H,6-9H2,1H3,(H,15,17)(H,19,20). The third kappa shape index (κ3) is 7.02. The molecule has 0 radical (unpaired) electrons. The van der Waals surface area contributed by atoms with Crippen LogP contribution in [0.3, 0.4) is 0 Å². The summed E-state index contributed by atoms with van der Waals surface area (Å²) in [4.78, 5) is 38.2. The Bertz CT molecular complexity index is 492. The van der Waals surface area contributed by atoms with E-state index >= 15 is 0 Å². The second-order valence-corrected chi connectivity index (χ2v) is 4.27. The molecule has 1 rings (SSSR count). The van der Waals surface area contributed by atoms with E-state index in [1.54, 1.807) is 18.5 Å². The van der Waals surface area contributed by atoms with Crippen molar-refractivity contribution < 1.29 is 24.2 Å². The van der Waals surface area contributed by atoms with Crippen molar-refractivity contribution in [1.29, 1.82) is 0 Å². The van der Waals surface area contributed by atoms with Crippen LogP contribution in [0.15, 0.2) is 24.5 Å². The Balaban J connectivity index is 2.18. The Morgan fingerprint density at radius 2 is 2.14 bits per heavy atom. The van der Waals surface area contributed by atoms with Crippen molar-refractivity contribution in [2.24, 2.45) is 0 Å². The maximum atomic E-state index is 11.5. The Morgan fingerprint density at radius 3 is 2.76 bits per heavy atom. The Morgan fingerprint density at radius 1 is 1.38 bits per heavy atom. The highest BCUT2D eigenvalue weighted by Crippen LogP contribution is 1.94. The fourth-order valence-corrected chi connectivity index (χ4v) is 1.39. The molecule has 0 bridgehead atoms. The molecule has 8 heteroatoms. The second-order valence-electron chi connectivity index (χ2n) is 4.27. The van der Waals surface area contributed by atoms with Crippen LogP contribution in [0.1, 0.15) is 5.56 Å². The van der Waals surface area contributed by atoms with Gasteiger partial charge in [0.2, 0.25) is 11.8 Å². The van der Waals surface area contributed by atoms with Gasteiger partial charge < -0.3 is 20.1 Å². The number of likely N-dealkylation sites (N-methyl/N-ethyl adjacent to an activating group) is 1. The molecular formula is C13H17N3O5.